The number of rotatable bonds is 3. The van der Waals surface area contributed by atoms with Gasteiger partial charge in [-0.15, -0.1) is 0 Å². The molecule has 3 heterocycles. The fourth-order valence-electron chi connectivity index (χ4n) is 2.36. The molecule has 0 amide bonds. The van der Waals surface area contributed by atoms with Gasteiger partial charge in [0.1, 0.15) is 12.2 Å². The second-order valence-corrected chi connectivity index (χ2v) is 4.61. The summed E-state index contributed by atoms with van der Waals surface area (Å²) in [6.07, 6.45) is 11.3. The van der Waals surface area contributed by atoms with Crippen molar-refractivity contribution >= 4 is 0 Å². The van der Waals surface area contributed by atoms with Crippen molar-refractivity contribution in [1.29, 1.82) is 0 Å². The molecule has 5 nitrogen and oxygen atoms in total. The second kappa shape index (κ2) is 5.27. The highest BCUT2D eigenvalue weighted by Crippen LogP contribution is 2.20. The van der Waals surface area contributed by atoms with Crippen LogP contribution in [-0.2, 0) is 11.3 Å². The smallest absolute Gasteiger partial charge is 0.143 e. The molecule has 1 atom stereocenters. The molecule has 0 aromatic carbocycles. The molecule has 18 heavy (non-hydrogen) atoms. The molecular weight excluding hydrogens is 228 g/mol. The Kier molecular flexibility index (Phi) is 3.32. The van der Waals surface area contributed by atoms with Gasteiger partial charge in [0.15, 0.2) is 0 Å². The van der Waals surface area contributed by atoms with E-state index in [2.05, 4.69) is 19.5 Å². The van der Waals surface area contributed by atoms with E-state index in [1.807, 2.05) is 12.4 Å². The van der Waals surface area contributed by atoms with Gasteiger partial charge in [0.25, 0.3) is 0 Å². The average molecular weight is 244 g/mol. The largest absolute Gasteiger partial charge is 0.381 e. The first-order valence-electron chi connectivity index (χ1n) is 6.28. The van der Waals surface area contributed by atoms with Crippen LogP contribution in [0.3, 0.4) is 0 Å². The molecule has 3 rings (SSSR count). The molecule has 1 unspecified atom stereocenters. The predicted molar refractivity (Wildman–Crippen MR) is 66.8 cm³/mol. The van der Waals surface area contributed by atoms with Crippen LogP contribution in [0.5, 0.6) is 0 Å². The Morgan fingerprint density at radius 1 is 1.33 bits per heavy atom. The topological polar surface area (TPSA) is 52.8 Å². The second-order valence-electron chi connectivity index (χ2n) is 4.61. The van der Waals surface area contributed by atoms with Crippen LogP contribution in [0.2, 0.25) is 0 Å². The van der Waals surface area contributed by atoms with Gasteiger partial charge in [0, 0.05) is 43.9 Å². The first-order chi connectivity index (χ1) is 8.93. The molecular formula is C13H16N4O. The van der Waals surface area contributed by atoms with Gasteiger partial charge in [-0.1, -0.05) is 0 Å². The van der Waals surface area contributed by atoms with E-state index in [1.54, 1.807) is 12.4 Å². The molecule has 2 aromatic heterocycles. The van der Waals surface area contributed by atoms with Crippen LogP contribution in [0.25, 0.3) is 11.4 Å². The van der Waals surface area contributed by atoms with Gasteiger partial charge in [-0.3, -0.25) is 0 Å². The molecule has 0 saturated carbocycles. The van der Waals surface area contributed by atoms with E-state index >= 15 is 0 Å². The normalized spacial score (nSPS) is 19.9. The van der Waals surface area contributed by atoms with E-state index in [1.165, 1.54) is 12.7 Å². The SMILES string of the molecule is c1ncc(-c2nccn2CC2CCCOC2)cn1. The fraction of sp³-hybridized carbons (Fsp3) is 0.462. The van der Waals surface area contributed by atoms with E-state index in [-0.39, 0.29) is 0 Å². The van der Waals surface area contributed by atoms with Crippen LogP contribution in [0.4, 0.5) is 0 Å². The van der Waals surface area contributed by atoms with E-state index in [0.717, 1.165) is 37.6 Å². The van der Waals surface area contributed by atoms with Gasteiger partial charge in [0.05, 0.1) is 12.2 Å². The summed E-state index contributed by atoms with van der Waals surface area (Å²) in [5.74, 6) is 1.51. The molecule has 0 aliphatic carbocycles. The number of hydrogen-bond donors (Lipinski definition) is 0. The van der Waals surface area contributed by atoms with E-state index in [0.29, 0.717) is 5.92 Å². The van der Waals surface area contributed by atoms with Gasteiger partial charge < -0.3 is 9.30 Å². The molecule has 0 bridgehead atoms. The van der Waals surface area contributed by atoms with Crippen molar-refractivity contribution < 1.29 is 4.74 Å². The Bertz CT molecular complexity index is 491. The van der Waals surface area contributed by atoms with Gasteiger partial charge >= 0.3 is 0 Å². The zero-order chi connectivity index (χ0) is 12.2. The van der Waals surface area contributed by atoms with Gasteiger partial charge in [-0.25, -0.2) is 15.0 Å². The van der Waals surface area contributed by atoms with Crippen LogP contribution < -0.4 is 0 Å². The lowest BCUT2D eigenvalue weighted by Crippen LogP contribution is -2.22. The third-order valence-electron chi connectivity index (χ3n) is 3.24. The minimum atomic E-state index is 0.580. The Hall–Kier alpha value is -1.75. The minimum Gasteiger partial charge on any atom is -0.381 e. The van der Waals surface area contributed by atoms with Crippen LogP contribution in [0.15, 0.2) is 31.1 Å². The number of ether oxygens (including phenoxy) is 1. The highest BCUT2D eigenvalue weighted by molar-refractivity contribution is 5.52. The summed E-state index contributed by atoms with van der Waals surface area (Å²) in [4.78, 5) is 12.5. The number of nitrogens with zero attached hydrogens (tertiary/aromatic N) is 4. The lowest BCUT2D eigenvalue weighted by molar-refractivity contribution is 0.0485. The lowest BCUT2D eigenvalue weighted by atomic mass is 10.0. The molecule has 5 heteroatoms. The van der Waals surface area contributed by atoms with Crippen molar-refractivity contribution in [3.63, 3.8) is 0 Å². The molecule has 0 N–H and O–H groups in total. The van der Waals surface area contributed by atoms with Gasteiger partial charge in [-0.05, 0) is 12.8 Å². The predicted octanol–water partition coefficient (Wildman–Crippen LogP) is 1.77. The Morgan fingerprint density at radius 3 is 3.00 bits per heavy atom. The molecule has 1 fully saturated rings. The number of hydrogen-bond acceptors (Lipinski definition) is 4. The third kappa shape index (κ3) is 2.41. The zero-order valence-corrected chi connectivity index (χ0v) is 10.2. The maximum absolute atomic E-state index is 5.52. The van der Waals surface area contributed by atoms with E-state index in [9.17, 15) is 0 Å². The lowest BCUT2D eigenvalue weighted by Gasteiger charge is -2.23. The summed E-state index contributed by atoms with van der Waals surface area (Å²) in [5.41, 5.74) is 0.958. The minimum absolute atomic E-state index is 0.580. The third-order valence-corrected chi connectivity index (χ3v) is 3.24. The molecule has 1 aliphatic rings. The standard InChI is InChI=1S/C13H16N4O/c1-2-11(9-18-5-1)8-17-4-3-16-13(17)12-6-14-10-15-7-12/h3-4,6-7,10-11H,1-2,5,8-9H2. The molecule has 2 aromatic rings. The summed E-state index contributed by atoms with van der Waals surface area (Å²) in [7, 11) is 0. The first-order valence-corrected chi connectivity index (χ1v) is 6.28. The van der Waals surface area contributed by atoms with E-state index in [4.69, 9.17) is 4.74 Å². The van der Waals surface area contributed by atoms with Crippen molar-refractivity contribution in [3.8, 4) is 11.4 Å². The maximum atomic E-state index is 5.52. The van der Waals surface area contributed by atoms with Gasteiger partial charge in [0.2, 0.25) is 0 Å². The Labute approximate surface area is 106 Å². The summed E-state index contributed by atoms with van der Waals surface area (Å²) in [5, 5.41) is 0. The van der Waals surface area contributed by atoms with Crippen LogP contribution in [-0.4, -0.2) is 32.7 Å². The Morgan fingerprint density at radius 2 is 2.22 bits per heavy atom. The maximum Gasteiger partial charge on any atom is 0.143 e. The van der Waals surface area contributed by atoms with Crippen LogP contribution in [0, 0.1) is 5.92 Å². The van der Waals surface area contributed by atoms with Crippen molar-refractivity contribution in [3.05, 3.63) is 31.1 Å². The summed E-state index contributed by atoms with van der Waals surface area (Å²) in [6.45, 7) is 2.70. The Balaban J connectivity index is 1.79. The summed E-state index contributed by atoms with van der Waals surface area (Å²) >= 11 is 0. The summed E-state index contributed by atoms with van der Waals surface area (Å²) in [6, 6.07) is 0. The van der Waals surface area contributed by atoms with Crippen molar-refractivity contribution in [2.75, 3.05) is 13.2 Å². The highest BCUT2D eigenvalue weighted by atomic mass is 16.5. The van der Waals surface area contributed by atoms with Crippen LogP contribution in [0.1, 0.15) is 12.8 Å². The molecule has 0 radical (unpaired) electrons. The number of imidazole rings is 1. The monoisotopic (exact) mass is 244 g/mol. The van der Waals surface area contributed by atoms with Crippen molar-refractivity contribution in [2.24, 2.45) is 5.92 Å². The highest BCUT2D eigenvalue weighted by Gasteiger charge is 2.16. The molecule has 94 valence electrons. The quantitative estimate of drug-likeness (QED) is 0.825. The molecule has 1 aliphatic heterocycles. The van der Waals surface area contributed by atoms with Crippen molar-refractivity contribution in [1.82, 2.24) is 19.5 Å². The fourth-order valence-corrected chi connectivity index (χ4v) is 2.36. The van der Waals surface area contributed by atoms with Crippen molar-refractivity contribution in [2.45, 2.75) is 19.4 Å². The molecule has 1 saturated heterocycles. The van der Waals surface area contributed by atoms with Crippen LogP contribution >= 0.6 is 0 Å². The molecule has 0 spiro atoms. The number of aromatic nitrogens is 4. The zero-order valence-electron chi connectivity index (χ0n) is 10.2. The van der Waals surface area contributed by atoms with Gasteiger partial charge in [-0.2, -0.15) is 0 Å². The van der Waals surface area contributed by atoms with E-state index < -0.39 is 0 Å². The summed E-state index contributed by atoms with van der Waals surface area (Å²) < 4.78 is 7.68. The average Bonchev–Trinajstić information content (AvgIpc) is 2.89. The first kappa shape index (κ1) is 11.3.